The van der Waals surface area contributed by atoms with Crippen molar-refractivity contribution in [3.05, 3.63) is 31.7 Å². The highest BCUT2D eigenvalue weighted by Crippen LogP contribution is 2.30. The van der Waals surface area contributed by atoms with Crippen LogP contribution in [0.25, 0.3) is 0 Å². The molecule has 0 saturated heterocycles. The van der Waals surface area contributed by atoms with Gasteiger partial charge in [0.2, 0.25) is 0 Å². The molecule has 0 aliphatic heterocycles. The molecule has 0 heterocycles. The second kappa shape index (κ2) is 3.90. The van der Waals surface area contributed by atoms with E-state index in [0.717, 1.165) is 8.95 Å². The number of hydrogen-bond acceptors (Lipinski definition) is 1. The van der Waals surface area contributed by atoms with E-state index >= 15 is 0 Å². The van der Waals surface area contributed by atoms with Crippen LogP contribution in [0.2, 0.25) is 5.02 Å². The molecule has 1 aromatic rings. The summed E-state index contributed by atoms with van der Waals surface area (Å²) in [5, 5.41) is 9.41. The van der Waals surface area contributed by atoms with Crippen molar-refractivity contribution in [1.29, 1.82) is 0 Å². The Morgan fingerprint density at radius 3 is 2.55 bits per heavy atom. The van der Waals surface area contributed by atoms with Crippen molar-refractivity contribution in [2.75, 3.05) is 0 Å². The van der Waals surface area contributed by atoms with Gasteiger partial charge in [0.05, 0.1) is 11.6 Å². The maximum absolute atomic E-state index is 8.84. The lowest BCUT2D eigenvalue weighted by atomic mass is 10.2. The average Bonchev–Trinajstić information content (AvgIpc) is 1.96. The molecule has 11 heavy (non-hydrogen) atoms. The van der Waals surface area contributed by atoms with Crippen LogP contribution in [0.1, 0.15) is 5.56 Å². The van der Waals surface area contributed by atoms with E-state index in [1.165, 1.54) is 0 Å². The van der Waals surface area contributed by atoms with Gasteiger partial charge in [-0.1, -0.05) is 27.5 Å². The fourth-order valence-corrected chi connectivity index (χ4v) is 2.21. The van der Waals surface area contributed by atoms with Gasteiger partial charge in [0.25, 0.3) is 0 Å². The van der Waals surface area contributed by atoms with E-state index in [1.54, 1.807) is 6.07 Å². The standard InChI is InChI=1S/C7H5Br2ClO/c8-5-1-4(3-11)7(10)6(9)2-5/h1-2,11H,3H2. The van der Waals surface area contributed by atoms with Gasteiger partial charge in [0.1, 0.15) is 0 Å². The largest absolute Gasteiger partial charge is 0.392 e. The first-order valence-corrected chi connectivity index (χ1v) is 4.86. The van der Waals surface area contributed by atoms with Crippen molar-refractivity contribution in [3.63, 3.8) is 0 Å². The third-order valence-corrected chi connectivity index (χ3v) is 3.00. The zero-order valence-corrected chi connectivity index (χ0v) is 9.37. The Kier molecular flexibility index (Phi) is 3.37. The van der Waals surface area contributed by atoms with Gasteiger partial charge >= 0.3 is 0 Å². The molecule has 0 amide bonds. The molecule has 60 valence electrons. The van der Waals surface area contributed by atoms with Gasteiger partial charge in [0.15, 0.2) is 0 Å². The molecule has 0 fully saturated rings. The van der Waals surface area contributed by atoms with Gasteiger partial charge in [-0.3, -0.25) is 0 Å². The van der Waals surface area contributed by atoms with Crippen molar-refractivity contribution < 1.29 is 5.11 Å². The van der Waals surface area contributed by atoms with Crippen LogP contribution in [0.3, 0.4) is 0 Å². The molecule has 0 radical (unpaired) electrons. The summed E-state index contributed by atoms with van der Waals surface area (Å²) in [6, 6.07) is 3.62. The van der Waals surface area contributed by atoms with Crippen LogP contribution in [-0.2, 0) is 6.61 Å². The van der Waals surface area contributed by atoms with E-state index in [-0.39, 0.29) is 6.61 Å². The third-order valence-electron chi connectivity index (χ3n) is 1.24. The fraction of sp³-hybridized carbons (Fsp3) is 0.143. The van der Waals surface area contributed by atoms with Crippen molar-refractivity contribution in [2.24, 2.45) is 0 Å². The van der Waals surface area contributed by atoms with E-state index < -0.39 is 0 Å². The van der Waals surface area contributed by atoms with Gasteiger partial charge < -0.3 is 5.11 Å². The number of hydrogen-bond donors (Lipinski definition) is 1. The Morgan fingerprint density at radius 2 is 2.00 bits per heavy atom. The second-order valence-corrected chi connectivity index (χ2v) is 4.17. The topological polar surface area (TPSA) is 20.2 Å². The summed E-state index contributed by atoms with van der Waals surface area (Å²) in [5.74, 6) is 0. The van der Waals surface area contributed by atoms with Crippen LogP contribution in [0.5, 0.6) is 0 Å². The summed E-state index contributed by atoms with van der Waals surface area (Å²) in [6.45, 7) is -0.0448. The van der Waals surface area contributed by atoms with Crippen molar-refractivity contribution in [2.45, 2.75) is 6.61 Å². The van der Waals surface area contributed by atoms with Gasteiger partial charge in [-0.05, 0) is 33.6 Å². The molecule has 0 unspecified atom stereocenters. The molecule has 0 saturated carbocycles. The molecule has 4 heteroatoms. The van der Waals surface area contributed by atoms with E-state index in [1.807, 2.05) is 6.07 Å². The Labute approximate surface area is 86.6 Å². The van der Waals surface area contributed by atoms with Crippen molar-refractivity contribution in [1.82, 2.24) is 0 Å². The molecule has 0 spiro atoms. The Bertz CT molecular complexity index is 275. The molecule has 1 rings (SSSR count). The third kappa shape index (κ3) is 2.18. The molecular formula is C7H5Br2ClO. The molecule has 0 aliphatic rings. The first-order chi connectivity index (χ1) is 5.15. The summed E-state index contributed by atoms with van der Waals surface area (Å²) in [7, 11) is 0. The minimum absolute atomic E-state index is 0.0448. The maximum Gasteiger partial charge on any atom is 0.0697 e. The number of rotatable bonds is 1. The van der Waals surface area contributed by atoms with Gasteiger partial charge in [-0.15, -0.1) is 0 Å². The summed E-state index contributed by atoms with van der Waals surface area (Å²) in [4.78, 5) is 0. The monoisotopic (exact) mass is 298 g/mol. The zero-order valence-electron chi connectivity index (χ0n) is 5.44. The van der Waals surface area contributed by atoms with Crippen LogP contribution in [-0.4, -0.2) is 5.11 Å². The number of aliphatic hydroxyl groups is 1. The lowest BCUT2D eigenvalue weighted by molar-refractivity contribution is 0.282. The first-order valence-electron chi connectivity index (χ1n) is 2.89. The smallest absolute Gasteiger partial charge is 0.0697 e. The van der Waals surface area contributed by atoms with Gasteiger partial charge in [-0.2, -0.15) is 0 Å². The number of halogens is 3. The highest BCUT2D eigenvalue weighted by atomic mass is 79.9. The lowest BCUT2D eigenvalue weighted by Crippen LogP contribution is -1.85. The van der Waals surface area contributed by atoms with Gasteiger partial charge in [0, 0.05) is 8.95 Å². The molecule has 1 N–H and O–H groups in total. The number of aliphatic hydroxyl groups excluding tert-OH is 1. The summed E-state index contributed by atoms with van der Waals surface area (Å²) < 4.78 is 1.69. The van der Waals surface area contributed by atoms with E-state index in [2.05, 4.69) is 31.9 Å². The molecule has 0 aromatic heterocycles. The van der Waals surface area contributed by atoms with Crippen LogP contribution in [0, 0.1) is 0 Å². The quantitative estimate of drug-likeness (QED) is 0.789. The van der Waals surface area contributed by atoms with Crippen molar-refractivity contribution in [3.8, 4) is 0 Å². The van der Waals surface area contributed by atoms with E-state index in [0.29, 0.717) is 10.6 Å². The van der Waals surface area contributed by atoms with Crippen LogP contribution in [0.4, 0.5) is 0 Å². The zero-order chi connectivity index (χ0) is 8.43. The minimum atomic E-state index is -0.0448. The second-order valence-electron chi connectivity index (χ2n) is 2.02. The summed E-state index contributed by atoms with van der Waals surface area (Å²) >= 11 is 12.4. The SMILES string of the molecule is OCc1cc(Br)cc(Br)c1Cl. The predicted molar refractivity (Wildman–Crippen MR) is 52.8 cm³/mol. The average molecular weight is 300 g/mol. The van der Waals surface area contributed by atoms with Crippen LogP contribution >= 0.6 is 43.5 Å². The molecule has 0 aliphatic carbocycles. The fourth-order valence-electron chi connectivity index (χ4n) is 0.724. The molecule has 0 bridgehead atoms. The summed E-state index contributed by atoms with van der Waals surface area (Å²) in [5.41, 5.74) is 0.716. The maximum atomic E-state index is 8.84. The van der Waals surface area contributed by atoms with Gasteiger partial charge in [-0.25, -0.2) is 0 Å². The Hall–Kier alpha value is 0.430. The summed E-state index contributed by atoms with van der Waals surface area (Å²) in [6.07, 6.45) is 0. The highest BCUT2D eigenvalue weighted by Gasteiger charge is 2.04. The predicted octanol–water partition coefficient (Wildman–Crippen LogP) is 3.36. The molecule has 1 aromatic carbocycles. The van der Waals surface area contributed by atoms with Crippen molar-refractivity contribution >= 4 is 43.5 Å². The molecule has 1 nitrogen and oxygen atoms in total. The Balaban J connectivity index is 3.24. The van der Waals surface area contributed by atoms with Crippen LogP contribution < -0.4 is 0 Å². The highest BCUT2D eigenvalue weighted by molar-refractivity contribution is 9.11. The number of benzene rings is 1. The molecular weight excluding hydrogens is 295 g/mol. The van der Waals surface area contributed by atoms with E-state index in [9.17, 15) is 0 Å². The normalized spacial score (nSPS) is 10.2. The van der Waals surface area contributed by atoms with E-state index in [4.69, 9.17) is 16.7 Å². The van der Waals surface area contributed by atoms with Crippen LogP contribution in [0.15, 0.2) is 21.1 Å². The lowest BCUT2D eigenvalue weighted by Gasteiger charge is -2.02. The minimum Gasteiger partial charge on any atom is -0.392 e. The first kappa shape index (κ1) is 9.52. The molecule has 0 atom stereocenters. The Morgan fingerprint density at radius 1 is 1.36 bits per heavy atom.